The molecular formula is C27H25NO5. The normalized spacial score (nSPS) is 16.1. The van der Waals surface area contributed by atoms with E-state index < -0.39 is 0 Å². The van der Waals surface area contributed by atoms with E-state index in [9.17, 15) is 4.79 Å². The van der Waals surface area contributed by atoms with Crippen molar-refractivity contribution in [3.8, 4) is 23.0 Å². The molecule has 0 bridgehead atoms. The summed E-state index contributed by atoms with van der Waals surface area (Å²) in [6.07, 6.45) is 2.64. The number of fused-ring (bicyclic) bond motifs is 3. The number of rotatable bonds is 6. The van der Waals surface area contributed by atoms with Gasteiger partial charge in [0.05, 0.1) is 25.3 Å². The van der Waals surface area contributed by atoms with Gasteiger partial charge in [-0.05, 0) is 60.0 Å². The number of benzene rings is 3. The average Bonchev–Trinajstić information content (AvgIpc) is 3.18. The van der Waals surface area contributed by atoms with Crippen LogP contribution < -0.4 is 18.9 Å². The lowest BCUT2D eigenvalue weighted by atomic mass is 10.0. The number of hydrogen-bond donors (Lipinski definition) is 0. The lowest BCUT2D eigenvalue weighted by molar-refractivity contribution is 0.0949. The van der Waals surface area contributed by atoms with Gasteiger partial charge in [0, 0.05) is 13.1 Å². The van der Waals surface area contributed by atoms with E-state index in [4.69, 9.17) is 18.9 Å². The lowest BCUT2D eigenvalue weighted by Crippen LogP contribution is -2.33. The number of Topliss-reactive ketones (excluding diaryl/α,β-unsaturated/α-hetero) is 1. The molecule has 0 fully saturated rings. The molecule has 2 heterocycles. The Bertz CT molecular complexity index is 1220. The minimum Gasteiger partial charge on any atom is -0.497 e. The molecular weight excluding hydrogens is 418 g/mol. The predicted molar refractivity (Wildman–Crippen MR) is 125 cm³/mol. The van der Waals surface area contributed by atoms with E-state index in [0.29, 0.717) is 30.3 Å². The number of ether oxygens (including phenoxy) is 4. The highest BCUT2D eigenvalue weighted by molar-refractivity contribution is 6.15. The van der Waals surface area contributed by atoms with Crippen LogP contribution in [0.25, 0.3) is 6.08 Å². The minimum atomic E-state index is -0.119. The highest BCUT2D eigenvalue weighted by Gasteiger charge is 2.33. The minimum absolute atomic E-state index is 0.119. The van der Waals surface area contributed by atoms with Crippen LogP contribution in [-0.4, -0.2) is 38.2 Å². The lowest BCUT2D eigenvalue weighted by Gasteiger charge is -2.29. The average molecular weight is 443 g/mol. The van der Waals surface area contributed by atoms with Crippen LogP contribution in [0.1, 0.15) is 27.0 Å². The highest BCUT2D eigenvalue weighted by atomic mass is 16.5. The molecule has 6 heteroatoms. The molecule has 0 saturated heterocycles. The van der Waals surface area contributed by atoms with Crippen LogP contribution in [0.2, 0.25) is 0 Å². The molecule has 0 unspecified atom stereocenters. The van der Waals surface area contributed by atoms with Crippen LogP contribution in [-0.2, 0) is 13.0 Å². The fourth-order valence-corrected chi connectivity index (χ4v) is 4.11. The van der Waals surface area contributed by atoms with Crippen LogP contribution in [0.5, 0.6) is 23.0 Å². The Morgan fingerprint density at radius 3 is 2.61 bits per heavy atom. The zero-order valence-corrected chi connectivity index (χ0v) is 18.7. The first-order valence-corrected chi connectivity index (χ1v) is 10.9. The van der Waals surface area contributed by atoms with Gasteiger partial charge in [0.1, 0.15) is 29.7 Å². The van der Waals surface area contributed by atoms with E-state index >= 15 is 0 Å². The van der Waals surface area contributed by atoms with Gasteiger partial charge in [-0.15, -0.1) is 0 Å². The van der Waals surface area contributed by atoms with Gasteiger partial charge < -0.3 is 18.9 Å². The molecule has 0 amide bonds. The summed E-state index contributed by atoms with van der Waals surface area (Å²) in [6, 6.07) is 19.3. The Balaban J connectivity index is 1.33. The monoisotopic (exact) mass is 443 g/mol. The van der Waals surface area contributed by atoms with E-state index in [0.717, 1.165) is 41.3 Å². The zero-order valence-electron chi connectivity index (χ0n) is 18.7. The van der Waals surface area contributed by atoms with Crippen molar-refractivity contribution in [3.63, 3.8) is 0 Å². The van der Waals surface area contributed by atoms with Crippen LogP contribution in [0.4, 0.5) is 0 Å². The Hall–Kier alpha value is -3.77. The zero-order chi connectivity index (χ0) is 22.8. The van der Waals surface area contributed by atoms with Gasteiger partial charge in [-0.1, -0.05) is 24.3 Å². The molecule has 0 atom stereocenters. The molecule has 2 aliphatic rings. The molecule has 0 aliphatic carbocycles. The van der Waals surface area contributed by atoms with E-state index in [2.05, 4.69) is 17.0 Å². The van der Waals surface area contributed by atoms with Gasteiger partial charge in [-0.2, -0.15) is 0 Å². The Kier molecular flexibility index (Phi) is 5.75. The second-order valence-corrected chi connectivity index (χ2v) is 8.06. The maximum atomic E-state index is 13.0. The van der Waals surface area contributed by atoms with Gasteiger partial charge in [-0.25, -0.2) is 0 Å². The van der Waals surface area contributed by atoms with Gasteiger partial charge in [-0.3, -0.25) is 9.69 Å². The largest absolute Gasteiger partial charge is 0.497 e. The first kappa shape index (κ1) is 21.1. The topological polar surface area (TPSA) is 57.2 Å². The van der Waals surface area contributed by atoms with Crippen molar-refractivity contribution in [1.29, 1.82) is 0 Å². The molecule has 5 rings (SSSR count). The van der Waals surface area contributed by atoms with E-state index in [1.54, 1.807) is 26.4 Å². The molecule has 168 valence electrons. The van der Waals surface area contributed by atoms with Gasteiger partial charge in [0.2, 0.25) is 5.78 Å². The van der Waals surface area contributed by atoms with E-state index in [-0.39, 0.29) is 5.78 Å². The summed E-state index contributed by atoms with van der Waals surface area (Å²) in [5.41, 5.74) is 3.56. The molecule has 6 nitrogen and oxygen atoms in total. The molecule has 3 aromatic rings. The number of ketones is 1. The molecule has 0 aromatic heterocycles. The molecule has 0 radical (unpaired) electrons. The van der Waals surface area contributed by atoms with Crippen LogP contribution in [0.15, 0.2) is 66.4 Å². The van der Waals surface area contributed by atoms with Gasteiger partial charge in [0.25, 0.3) is 0 Å². The van der Waals surface area contributed by atoms with Crippen molar-refractivity contribution in [2.24, 2.45) is 0 Å². The Morgan fingerprint density at radius 2 is 1.82 bits per heavy atom. The molecule has 0 saturated carbocycles. The number of nitrogens with zero attached hydrogens (tertiary/aromatic N) is 1. The standard InChI is InChI=1S/C27H25NO5/c1-30-20-8-6-18(7-9-20)12-13-28-16-23-24(32-17-28)11-10-22-26(29)25(33-27(22)23)15-19-4-3-5-21(14-19)31-2/h3-11,14-15H,12-13,16-17H2,1-2H3/b25-15-. The third kappa shape index (κ3) is 4.30. The maximum absolute atomic E-state index is 13.0. The van der Waals surface area contributed by atoms with Crippen molar-refractivity contribution in [2.45, 2.75) is 13.0 Å². The Labute approximate surface area is 193 Å². The summed E-state index contributed by atoms with van der Waals surface area (Å²) >= 11 is 0. The van der Waals surface area contributed by atoms with Gasteiger partial charge in [0.15, 0.2) is 5.76 Å². The SMILES string of the molecule is COc1ccc(CCN2COc3ccc4c(c3C2)O/C(=C\c2cccc(OC)c2)C4=O)cc1. The highest BCUT2D eigenvalue weighted by Crippen LogP contribution is 2.42. The Morgan fingerprint density at radius 1 is 1.00 bits per heavy atom. The third-order valence-electron chi connectivity index (χ3n) is 5.95. The van der Waals surface area contributed by atoms with Crippen molar-refractivity contribution in [1.82, 2.24) is 4.90 Å². The predicted octanol–water partition coefficient (Wildman–Crippen LogP) is 4.71. The second-order valence-electron chi connectivity index (χ2n) is 8.06. The number of carbonyl (C=O) groups is 1. The smallest absolute Gasteiger partial charge is 0.231 e. The molecule has 33 heavy (non-hydrogen) atoms. The molecule has 2 aliphatic heterocycles. The summed E-state index contributed by atoms with van der Waals surface area (Å²) in [7, 11) is 3.28. The molecule has 0 spiro atoms. The molecule has 3 aromatic carbocycles. The fraction of sp³-hybridized carbons (Fsp3) is 0.222. The summed E-state index contributed by atoms with van der Waals surface area (Å²) in [4.78, 5) is 15.2. The third-order valence-corrected chi connectivity index (χ3v) is 5.95. The second kappa shape index (κ2) is 9.00. The first-order chi connectivity index (χ1) is 16.1. The number of methoxy groups -OCH3 is 2. The summed E-state index contributed by atoms with van der Waals surface area (Å²) in [5.74, 6) is 3.13. The first-order valence-electron chi connectivity index (χ1n) is 10.9. The van der Waals surface area contributed by atoms with E-state index in [1.165, 1.54) is 5.56 Å². The summed E-state index contributed by atoms with van der Waals surface area (Å²) in [6.45, 7) is 1.99. The molecule has 0 N–H and O–H groups in total. The van der Waals surface area contributed by atoms with Crippen molar-refractivity contribution >= 4 is 11.9 Å². The van der Waals surface area contributed by atoms with Crippen LogP contribution in [0.3, 0.4) is 0 Å². The van der Waals surface area contributed by atoms with Crippen LogP contribution in [0, 0.1) is 0 Å². The quantitative estimate of drug-likeness (QED) is 0.514. The fourth-order valence-electron chi connectivity index (χ4n) is 4.11. The van der Waals surface area contributed by atoms with Crippen molar-refractivity contribution in [3.05, 3.63) is 88.7 Å². The number of hydrogen-bond acceptors (Lipinski definition) is 6. The summed E-state index contributed by atoms with van der Waals surface area (Å²) < 4.78 is 22.6. The van der Waals surface area contributed by atoms with Crippen LogP contribution >= 0.6 is 0 Å². The maximum Gasteiger partial charge on any atom is 0.231 e. The van der Waals surface area contributed by atoms with Crippen molar-refractivity contribution < 1.29 is 23.7 Å². The number of carbonyl (C=O) groups excluding carboxylic acids is 1. The van der Waals surface area contributed by atoms with E-state index in [1.807, 2.05) is 42.5 Å². The van der Waals surface area contributed by atoms with Crippen molar-refractivity contribution in [2.75, 3.05) is 27.5 Å². The van der Waals surface area contributed by atoms with Gasteiger partial charge >= 0.3 is 0 Å². The number of allylic oxidation sites excluding steroid dienone is 1. The summed E-state index contributed by atoms with van der Waals surface area (Å²) in [5, 5.41) is 0.